The van der Waals surface area contributed by atoms with Gasteiger partial charge in [0.2, 0.25) is 0 Å². The molecule has 0 aromatic carbocycles. The Morgan fingerprint density at radius 2 is 2.10 bits per heavy atom. The molecule has 1 aromatic rings. The summed E-state index contributed by atoms with van der Waals surface area (Å²) < 4.78 is 1.75. The number of hydrogen-bond donors (Lipinski definition) is 2. The Morgan fingerprint density at radius 3 is 2.76 bits per heavy atom. The van der Waals surface area contributed by atoms with Gasteiger partial charge in [-0.1, -0.05) is 6.42 Å². The van der Waals surface area contributed by atoms with E-state index in [0.717, 1.165) is 31.4 Å². The van der Waals surface area contributed by atoms with Crippen molar-refractivity contribution >= 4 is 5.96 Å². The summed E-state index contributed by atoms with van der Waals surface area (Å²) in [7, 11) is 1.88. The molecule has 2 rings (SSSR count). The van der Waals surface area contributed by atoms with Crippen LogP contribution in [-0.2, 0) is 13.6 Å². The van der Waals surface area contributed by atoms with Crippen molar-refractivity contribution in [1.82, 2.24) is 30.3 Å². The molecule has 0 amide bonds. The predicted molar refractivity (Wildman–Crippen MR) is 84.1 cm³/mol. The first-order valence-electron chi connectivity index (χ1n) is 7.87. The highest BCUT2D eigenvalue weighted by Crippen LogP contribution is 2.07. The van der Waals surface area contributed by atoms with Gasteiger partial charge in [0.15, 0.2) is 5.96 Å². The predicted octanol–water partition coefficient (Wildman–Crippen LogP) is 0.356. The zero-order chi connectivity index (χ0) is 14.9. The maximum Gasteiger partial charge on any atom is 0.191 e. The quantitative estimate of drug-likeness (QED) is 0.585. The molecule has 1 aliphatic heterocycles. The number of aliphatic imine (C=N–C) groups is 1. The summed E-state index contributed by atoms with van der Waals surface area (Å²) in [6, 6.07) is 0. The van der Waals surface area contributed by atoms with Crippen molar-refractivity contribution in [2.75, 3.05) is 32.7 Å². The number of nitrogens with one attached hydrogen (secondary N) is 2. The highest BCUT2D eigenvalue weighted by atomic mass is 15.3. The highest BCUT2D eigenvalue weighted by Gasteiger charge is 2.09. The number of piperidine rings is 1. The summed E-state index contributed by atoms with van der Waals surface area (Å²) in [5, 5.41) is 10.7. The molecular weight excluding hydrogens is 266 g/mol. The van der Waals surface area contributed by atoms with Crippen LogP contribution >= 0.6 is 0 Å². The van der Waals surface area contributed by atoms with Crippen LogP contribution in [-0.4, -0.2) is 58.3 Å². The van der Waals surface area contributed by atoms with Gasteiger partial charge in [0, 0.05) is 26.7 Å². The fraction of sp³-hybridized carbons (Fsp3) is 0.786. The molecule has 0 unspecified atom stereocenters. The maximum absolute atomic E-state index is 4.55. The van der Waals surface area contributed by atoms with Crippen LogP contribution in [0.4, 0.5) is 0 Å². The molecule has 2 heterocycles. The molecule has 1 fully saturated rings. The molecule has 0 aliphatic carbocycles. The van der Waals surface area contributed by atoms with Gasteiger partial charge in [0.1, 0.15) is 18.7 Å². The molecule has 7 nitrogen and oxygen atoms in total. The number of hydrogen-bond acceptors (Lipinski definition) is 4. The summed E-state index contributed by atoms with van der Waals surface area (Å²) >= 11 is 0. The second-order valence-corrected chi connectivity index (χ2v) is 5.32. The van der Waals surface area contributed by atoms with E-state index < -0.39 is 0 Å². The smallest absolute Gasteiger partial charge is 0.191 e. The van der Waals surface area contributed by atoms with Gasteiger partial charge in [-0.2, -0.15) is 5.10 Å². The molecule has 1 aromatic heterocycles. The van der Waals surface area contributed by atoms with E-state index in [4.69, 9.17) is 0 Å². The summed E-state index contributed by atoms with van der Waals surface area (Å²) in [4.78, 5) is 11.3. The fourth-order valence-corrected chi connectivity index (χ4v) is 2.47. The van der Waals surface area contributed by atoms with E-state index in [0.29, 0.717) is 6.54 Å². The standard InChI is InChI=1S/C14H27N7/c1-3-15-14(17-11-13-18-12-19-20(13)2)16-7-10-21-8-5-4-6-9-21/h12H,3-11H2,1-2H3,(H2,15,16,17). The first-order valence-corrected chi connectivity index (χ1v) is 7.87. The second-order valence-electron chi connectivity index (χ2n) is 5.32. The van der Waals surface area contributed by atoms with Crippen molar-refractivity contribution in [3.05, 3.63) is 12.2 Å². The van der Waals surface area contributed by atoms with E-state index in [-0.39, 0.29) is 0 Å². The number of guanidine groups is 1. The van der Waals surface area contributed by atoms with Gasteiger partial charge in [-0.15, -0.1) is 0 Å². The van der Waals surface area contributed by atoms with E-state index in [1.807, 2.05) is 7.05 Å². The summed E-state index contributed by atoms with van der Waals surface area (Å²) in [5.74, 6) is 1.71. The molecule has 0 radical (unpaired) electrons. The average molecular weight is 293 g/mol. The molecule has 1 aliphatic rings. The van der Waals surface area contributed by atoms with Crippen LogP contribution in [0.25, 0.3) is 0 Å². The topological polar surface area (TPSA) is 70.4 Å². The lowest BCUT2D eigenvalue weighted by molar-refractivity contribution is 0.232. The SMILES string of the molecule is CCNC(=NCc1ncnn1C)NCCN1CCCCC1. The third-order valence-electron chi connectivity index (χ3n) is 3.70. The first-order chi connectivity index (χ1) is 10.3. The van der Waals surface area contributed by atoms with Gasteiger partial charge in [0.05, 0.1) is 0 Å². The Morgan fingerprint density at radius 1 is 1.29 bits per heavy atom. The van der Waals surface area contributed by atoms with Crippen molar-refractivity contribution in [3.8, 4) is 0 Å². The van der Waals surface area contributed by atoms with Gasteiger partial charge in [-0.3, -0.25) is 4.68 Å². The molecule has 2 N–H and O–H groups in total. The normalized spacial score (nSPS) is 17.0. The molecule has 7 heteroatoms. The van der Waals surface area contributed by atoms with Crippen molar-refractivity contribution in [1.29, 1.82) is 0 Å². The van der Waals surface area contributed by atoms with Crippen LogP contribution in [0, 0.1) is 0 Å². The molecule has 0 bridgehead atoms. The van der Waals surface area contributed by atoms with Crippen molar-refractivity contribution in [2.24, 2.45) is 12.0 Å². The zero-order valence-corrected chi connectivity index (χ0v) is 13.2. The van der Waals surface area contributed by atoms with Crippen molar-refractivity contribution < 1.29 is 0 Å². The number of nitrogens with zero attached hydrogens (tertiary/aromatic N) is 5. The van der Waals surface area contributed by atoms with Crippen LogP contribution in [0.5, 0.6) is 0 Å². The summed E-state index contributed by atoms with van der Waals surface area (Å²) in [6.07, 6.45) is 5.61. The van der Waals surface area contributed by atoms with Crippen LogP contribution in [0.15, 0.2) is 11.3 Å². The van der Waals surface area contributed by atoms with Crippen molar-refractivity contribution in [2.45, 2.75) is 32.7 Å². The van der Waals surface area contributed by atoms with E-state index in [2.05, 4.69) is 37.5 Å². The molecule has 118 valence electrons. The molecule has 21 heavy (non-hydrogen) atoms. The van der Waals surface area contributed by atoms with E-state index in [9.17, 15) is 0 Å². The first kappa shape index (κ1) is 15.8. The monoisotopic (exact) mass is 293 g/mol. The minimum atomic E-state index is 0.537. The Labute approximate surface area is 126 Å². The van der Waals surface area contributed by atoms with Gasteiger partial charge in [-0.25, -0.2) is 9.98 Å². The minimum Gasteiger partial charge on any atom is -0.357 e. The molecule has 0 atom stereocenters. The summed E-state index contributed by atoms with van der Waals surface area (Å²) in [5.41, 5.74) is 0. The van der Waals surface area contributed by atoms with Crippen LogP contribution in [0.2, 0.25) is 0 Å². The summed E-state index contributed by atoms with van der Waals surface area (Å²) in [6.45, 7) is 7.93. The highest BCUT2D eigenvalue weighted by molar-refractivity contribution is 5.79. The second kappa shape index (κ2) is 8.61. The third kappa shape index (κ3) is 5.34. The van der Waals surface area contributed by atoms with Gasteiger partial charge >= 0.3 is 0 Å². The number of aromatic nitrogens is 3. The van der Waals surface area contributed by atoms with Crippen LogP contribution in [0.1, 0.15) is 32.0 Å². The average Bonchev–Trinajstić information content (AvgIpc) is 2.91. The largest absolute Gasteiger partial charge is 0.357 e. The van der Waals surface area contributed by atoms with E-state index in [1.54, 1.807) is 11.0 Å². The fourth-order valence-electron chi connectivity index (χ4n) is 2.47. The zero-order valence-electron chi connectivity index (χ0n) is 13.2. The lowest BCUT2D eigenvalue weighted by Crippen LogP contribution is -2.42. The van der Waals surface area contributed by atoms with Gasteiger partial charge in [-0.05, 0) is 32.9 Å². The number of aryl methyl sites for hydroxylation is 1. The molecular formula is C14H27N7. The lowest BCUT2D eigenvalue weighted by atomic mass is 10.1. The lowest BCUT2D eigenvalue weighted by Gasteiger charge is -2.26. The van der Waals surface area contributed by atoms with E-state index in [1.165, 1.54) is 32.4 Å². The maximum atomic E-state index is 4.55. The Kier molecular flexibility index (Phi) is 6.46. The Balaban J connectivity index is 1.76. The molecule has 0 spiro atoms. The number of rotatable bonds is 6. The molecule has 1 saturated heterocycles. The number of likely N-dealkylation sites (tertiary alicyclic amines) is 1. The Hall–Kier alpha value is -1.63. The molecule has 0 saturated carbocycles. The van der Waals surface area contributed by atoms with Crippen molar-refractivity contribution in [3.63, 3.8) is 0 Å². The van der Waals surface area contributed by atoms with Gasteiger partial charge < -0.3 is 15.5 Å². The Bertz CT molecular complexity index is 434. The van der Waals surface area contributed by atoms with E-state index >= 15 is 0 Å². The van der Waals surface area contributed by atoms with Crippen LogP contribution in [0.3, 0.4) is 0 Å². The van der Waals surface area contributed by atoms with Gasteiger partial charge in [0.25, 0.3) is 0 Å². The van der Waals surface area contributed by atoms with Crippen LogP contribution < -0.4 is 10.6 Å². The minimum absolute atomic E-state index is 0.537. The third-order valence-corrected chi connectivity index (χ3v) is 3.70.